The fourth-order valence-electron chi connectivity index (χ4n) is 1.42. The summed E-state index contributed by atoms with van der Waals surface area (Å²) in [7, 11) is -4.12. The molecule has 2 N–H and O–H groups in total. The van der Waals surface area contributed by atoms with E-state index in [0.29, 0.717) is 6.07 Å². The van der Waals surface area contributed by atoms with Gasteiger partial charge in [0.05, 0.1) is 10.5 Å². The first-order chi connectivity index (χ1) is 9.54. The number of nitrogens with one attached hydrogen (secondary N) is 1. The van der Waals surface area contributed by atoms with Gasteiger partial charge in [-0.25, -0.2) is 13.1 Å². The number of carboxylic acid groups (broad SMARTS) is 1. The maximum atomic E-state index is 12.7. The lowest BCUT2D eigenvalue weighted by molar-refractivity contribution is -0.138. The molecule has 0 aromatic heterocycles. The van der Waals surface area contributed by atoms with E-state index < -0.39 is 32.6 Å². The van der Waals surface area contributed by atoms with Crippen molar-refractivity contribution in [3.05, 3.63) is 28.2 Å². The summed E-state index contributed by atoms with van der Waals surface area (Å²) in [6, 6.07) is 2.54. The summed E-state index contributed by atoms with van der Waals surface area (Å²) in [4.78, 5) is 9.74. The predicted octanol–water partition coefficient (Wildman–Crippen LogP) is 2.61. The van der Waals surface area contributed by atoms with Gasteiger partial charge in [0.1, 0.15) is 0 Å². The summed E-state index contributed by atoms with van der Waals surface area (Å²) in [6.07, 6.45) is -4.89. The van der Waals surface area contributed by atoms with Gasteiger partial charge in [0.15, 0.2) is 0 Å². The van der Waals surface area contributed by atoms with Crippen LogP contribution >= 0.6 is 15.9 Å². The fraction of sp³-hybridized carbons (Fsp3) is 0.364. The monoisotopic (exact) mass is 389 g/mol. The van der Waals surface area contributed by atoms with Crippen LogP contribution < -0.4 is 4.72 Å². The lowest BCUT2D eigenvalue weighted by Gasteiger charge is -2.12. The number of hydrogen-bond acceptors (Lipinski definition) is 3. The van der Waals surface area contributed by atoms with Crippen LogP contribution in [0.1, 0.15) is 18.4 Å². The van der Waals surface area contributed by atoms with Crippen LogP contribution in [0.2, 0.25) is 0 Å². The molecule has 0 fully saturated rings. The molecule has 118 valence electrons. The van der Waals surface area contributed by atoms with E-state index in [0.717, 1.165) is 12.1 Å². The molecule has 0 saturated heterocycles. The molecule has 0 aliphatic heterocycles. The number of hydrogen-bond donors (Lipinski definition) is 2. The number of sulfonamides is 1. The number of aliphatic carboxylic acids is 1. The van der Waals surface area contributed by atoms with E-state index in [2.05, 4.69) is 20.7 Å². The molecule has 0 atom stereocenters. The Balaban J connectivity index is 2.91. The van der Waals surface area contributed by atoms with Crippen LogP contribution in [0.4, 0.5) is 13.2 Å². The van der Waals surface area contributed by atoms with Crippen molar-refractivity contribution in [2.45, 2.75) is 23.9 Å². The Labute approximate surface area is 127 Å². The average Bonchev–Trinajstić information content (AvgIpc) is 2.33. The Kier molecular flexibility index (Phi) is 5.76. The molecular formula is C11H11BrF3NO4S. The Hall–Kier alpha value is -1.13. The zero-order valence-corrected chi connectivity index (χ0v) is 12.8. The lowest BCUT2D eigenvalue weighted by Crippen LogP contribution is -2.25. The van der Waals surface area contributed by atoms with Crippen LogP contribution in [0.15, 0.2) is 27.6 Å². The molecule has 0 aliphatic carbocycles. The van der Waals surface area contributed by atoms with E-state index in [4.69, 9.17) is 5.11 Å². The third-order valence-corrected chi connectivity index (χ3v) is 4.56. The number of carboxylic acids is 1. The molecule has 1 rings (SSSR count). The van der Waals surface area contributed by atoms with Crippen molar-refractivity contribution in [3.8, 4) is 0 Å². The molecule has 0 amide bonds. The van der Waals surface area contributed by atoms with Crippen LogP contribution in [0.5, 0.6) is 0 Å². The van der Waals surface area contributed by atoms with Crippen molar-refractivity contribution >= 4 is 31.9 Å². The molecule has 5 nitrogen and oxygen atoms in total. The fourth-order valence-corrected chi connectivity index (χ4v) is 2.99. The van der Waals surface area contributed by atoms with Crippen molar-refractivity contribution in [2.75, 3.05) is 6.54 Å². The van der Waals surface area contributed by atoms with Crippen LogP contribution in [0.3, 0.4) is 0 Å². The third kappa shape index (κ3) is 5.29. The van der Waals surface area contributed by atoms with E-state index in [1.54, 1.807) is 0 Å². The molecule has 0 saturated carbocycles. The maximum Gasteiger partial charge on any atom is 0.417 e. The highest BCUT2D eigenvalue weighted by Gasteiger charge is 2.34. The number of alkyl halides is 3. The van der Waals surface area contributed by atoms with Gasteiger partial charge >= 0.3 is 12.1 Å². The van der Waals surface area contributed by atoms with Crippen LogP contribution in [0, 0.1) is 0 Å². The van der Waals surface area contributed by atoms with Crippen LogP contribution in [-0.2, 0) is 21.0 Å². The first-order valence-corrected chi connectivity index (χ1v) is 7.90. The average molecular weight is 390 g/mol. The first-order valence-electron chi connectivity index (χ1n) is 5.62. The second-order valence-electron chi connectivity index (χ2n) is 4.03. The zero-order chi connectivity index (χ0) is 16.3. The minimum Gasteiger partial charge on any atom is -0.481 e. The summed E-state index contributed by atoms with van der Waals surface area (Å²) < 4.78 is 63.5. The van der Waals surface area contributed by atoms with Gasteiger partial charge in [0, 0.05) is 17.4 Å². The molecule has 0 unspecified atom stereocenters. The van der Waals surface area contributed by atoms with E-state index in [-0.39, 0.29) is 23.9 Å². The van der Waals surface area contributed by atoms with Crippen molar-refractivity contribution in [1.82, 2.24) is 4.72 Å². The lowest BCUT2D eigenvalue weighted by atomic mass is 10.2. The van der Waals surface area contributed by atoms with Gasteiger partial charge in [-0.3, -0.25) is 4.79 Å². The Morgan fingerprint density at radius 2 is 1.95 bits per heavy atom. The molecule has 0 spiro atoms. The third-order valence-electron chi connectivity index (χ3n) is 2.41. The molecule has 0 heterocycles. The van der Waals surface area contributed by atoms with Crippen molar-refractivity contribution in [1.29, 1.82) is 0 Å². The Bertz CT molecular complexity index is 631. The van der Waals surface area contributed by atoms with Gasteiger partial charge in [0.2, 0.25) is 10.0 Å². The smallest absolute Gasteiger partial charge is 0.417 e. The minimum absolute atomic E-state index is 0.0389. The van der Waals surface area contributed by atoms with Gasteiger partial charge in [-0.1, -0.05) is 15.9 Å². The second kappa shape index (κ2) is 6.75. The molecule has 0 bridgehead atoms. The summed E-state index contributed by atoms with van der Waals surface area (Å²) in [5.74, 6) is -1.09. The minimum atomic E-state index is -4.69. The molecule has 10 heteroatoms. The summed E-state index contributed by atoms with van der Waals surface area (Å²) in [5.41, 5.74) is -1.10. The first kappa shape index (κ1) is 17.9. The zero-order valence-electron chi connectivity index (χ0n) is 10.4. The standard InChI is InChI=1S/C11H11BrF3NO4S/c12-9-4-3-7(6-8(9)11(13,14)15)21(19,20)16-5-1-2-10(17)18/h3-4,6,16H,1-2,5H2,(H,17,18). The molecule has 0 aliphatic rings. The van der Waals surface area contributed by atoms with Crippen molar-refractivity contribution < 1.29 is 31.5 Å². The number of rotatable bonds is 6. The highest BCUT2D eigenvalue weighted by Crippen LogP contribution is 2.36. The molecule has 21 heavy (non-hydrogen) atoms. The molecular weight excluding hydrogens is 379 g/mol. The van der Waals surface area contributed by atoms with Gasteiger partial charge in [0.25, 0.3) is 0 Å². The van der Waals surface area contributed by atoms with Gasteiger partial charge < -0.3 is 5.11 Å². The van der Waals surface area contributed by atoms with Crippen LogP contribution in [0.25, 0.3) is 0 Å². The predicted molar refractivity (Wildman–Crippen MR) is 71.2 cm³/mol. The number of halogens is 4. The summed E-state index contributed by atoms with van der Waals surface area (Å²) in [5, 5.41) is 8.41. The highest BCUT2D eigenvalue weighted by molar-refractivity contribution is 9.10. The number of carbonyl (C=O) groups is 1. The maximum absolute atomic E-state index is 12.7. The summed E-state index contributed by atoms with van der Waals surface area (Å²) in [6.45, 7) is -0.175. The normalized spacial score (nSPS) is 12.4. The van der Waals surface area contributed by atoms with Gasteiger partial charge in [-0.2, -0.15) is 13.2 Å². The van der Waals surface area contributed by atoms with Crippen LogP contribution in [-0.4, -0.2) is 26.0 Å². The number of benzene rings is 1. The van der Waals surface area contributed by atoms with Gasteiger partial charge in [-0.15, -0.1) is 0 Å². The quantitative estimate of drug-likeness (QED) is 0.732. The Morgan fingerprint density at radius 3 is 2.48 bits per heavy atom. The van der Waals surface area contributed by atoms with E-state index in [9.17, 15) is 26.4 Å². The highest BCUT2D eigenvalue weighted by atomic mass is 79.9. The molecule has 1 aromatic rings. The van der Waals surface area contributed by atoms with E-state index >= 15 is 0 Å². The topological polar surface area (TPSA) is 83.5 Å². The second-order valence-corrected chi connectivity index (χ2v) is 6.66. The van der Waals surface area contributed by atoms with Crippen molar-refractivity contribution in [2.24, 2.45) is 0 Å². The summed E-state index contributed by atoms with van der Waals surface area (Å²) >= 11 is 2.71. The van der Waals surface area contributed by atoms with Crippen molar-refractivity contribution in [3.63, 3.8) is 0 Å². The SMILES string of the molecule is O=C(O)CCCNS(=O)(=O)c1ccc(Br)c(C(F)(F)F)c1. The molecule has 0 radical (unpaired) electrons. The van der Waals surface area contributed by atoms with Gasteiger partial charge in [-0.05, 0) is 24.6 Å². The molecule has 1 aromatic carbocycles. The van der Waals surface area contributed by atoms with E-state index in [1.165, 1.54) is 0 Å². The van der Waals surface area contributed by atoms with E-state index in [1.807, 2.05) is 0 Å². The Morgan fingerprint density at radius 1 is 1.33 bits per heavy atom. The largest absolute Gasteiger partial charge is 0.481 e.